The molecule has 156 valence electrons. The summed E-state index contributed by atoms with van der Waals surface area (Å²) in [5.74, 6) is 1.63. The molecule has 7 nitrogen and oxygen atoms in total. The van der Waals surface area contributed by atoms with Crippen molar-refractivity contribution in [1.29, 1.82) is 0 Å². The number of rotatable bonds is 4. The summed E-state index contributed by atoms with van der Waals surface area (Å²) in [6, 6.07) is 13.3. The molecule has 1 amide bonds. The molecule has 0 bridgehead atoms. The number of likely N-dealkylation sites (tertiary alicyclic amines) is 1. The molecule has 0 radical (unpaired) electrons. The molecule has 2 heterocycles. The zero-order valence-electron chi connectivity index (χ0n) is 17.5. The van der Waals surface area contributed by atoms with Crippen molar-refractivity contribution in [2.45, 2.75) is 32.6 Å². The number of aromatic amines is 1. The van der Waals surface area contributed by atoms with Crippen LogP contribution in [0.25, 0.3) is 5.69 Å². The summed E-state index contributed by atoms with van der Waals surface area (Å²) in [6.45, 7) is 5.19. The Morgan fingerprint density at radius 3 is 2.43 bits per heavy atom. The first-order chi connectivity index (χ1) is 14.5. The van der Waals surface area contributed by atoms with E-state index in [0.29, 0.717) is 18.7 Å². The molecule has 1 saturated heterocycles. The molecule has 1 fully saturated rings. The second-order valence-electron chi connectivity index (χ2n) is 7.81. The van der Waals surface area contributed by atoms with Crippen LogP contribution in [-0.4, -0.2) is 45.8 Å². The van der Waals surface area contributed by atoms with Crippen LogP contribution in [0.2, 0.25) is 0 Å². The summed E-state index contributed by atoms with van der Waals surface area (Å²) < 4.78 is 6.88. The largest absolute Gasteiger partial charge is 0.497 e. The number of hydrogen-bond donors (Lipinski definition) is 1. The van der Waals surface area contributed by atoms with Crippen molar-refractivity contribution >= 4 is 5.91 Å². The van der Waals surface area contributed by atoms with Crippen LogP contribution in [0.4, 0.5) is 0 Å². The molecule has 2 aromatic carbocycles. The lowest BCUT2D eigenvalue weighted by atomic mass is 9.95. The van der Waals surface area contributed by atoms with Crippen LogP contribution in [0.15, 0.2) is 47.3 Å². The van der Waals surface area contributed by atoms with Gasteiger partial charge in [0, 0.05) is 24.6 Å². The van der Waals surface area contributed by atoms with Crippen molar-refractivity contribution < 1.29 is 9.53 Å². The molecule has 4 rings (SSSR count). The number of methoxy groups -OCH3 is 1. The van der Waals surface area contributed by atoms with Gasteiger partial charge in [-0.3, -0.25) is 4.79 Å². The van der Waals surface area contributed by atoms with Gasteiger partial charge in [-0.1, -0.05) is 17.7 Å². The Labute approximate surface area is 175 Å². The number of aromatic nitrogens is 3. The summed E-state index contributed by atoms with van der Waals surface area (Å²) in [4.78, 5) is 27.3. The van der Waals surface area contributed by atoms with Gasteiger partial charge in [0.1, 0.15) is 11.6 Å². The monoisotopic (exact) mass is 406 g/mol. The van der Waals surface area contributed by atoms with Gasteiger partial charge in [0.2, 0.25) is 0 Å². The normalized spacial score (nSPS) is 14.7. The SMILES string of the molecule is COc1ccc(C(=O)N2CCC(c3n[nH]c(=O)n3-c3ccc(C)cc3)CC2)c(C)c1. The van der Waals surface area contributed by atoms with Crippen LogP contribution in [0.1, 0.15) is 46.1 Å². The number of benzene rings is 2. The van der Waals surface area contributed by atoms with Crippen LogP contribution in [0.5, 0.6) is 5.75 Å². The maximum atomic E-state index is 13.0. The fraction of sp³-hybridized carbons (Fsp3) is 0.348. The van der Waals surface area contributed by atoms with Crippen molar-refractivity contribution in [1.82, 2.24) is 19.7 Å². The molecule has 1 aliphatic rings. The van der Waals surface area contributed by atoms with E-state index in [-0.39, 0.29) is 17.5 Å². The fourth-order valence-corrected chi connectivity index (χ4v) is 4.04. The van der Waals surface area contributed by atoms with Gasteiger partial charge in [-0.25, -0.2) is 14.5 Å². The van der Waals surface area contributed by atoms with E-state index in [1.807, 2.05) is 61.2 Å². The molecule has 1 aliphatic heterocycles. The Kier molecular flexibility index (Phi) is 5.44. The Bertz CT molecular complexity index is 1110. The van der Waals surface area contributed by atoms with E-state index in [1.165, 1.54) is 0 Å². The minimum atomic E-state index is -0.235. The van der Waals surface area contributed by atoms with Gasteiger partial charge >= 0.3 is 5.69 Å². The van der Waals surface area contributed by atoms with Gasteiger partial charge in [-0.15, -0.1) is 0 Å². The summed E-state index contributed by atoms with van der Waals surface area (Å²) >= 11 is 0. The molecule has 1 aromatic heterocycles. The third-order valence-corrected chi connectivity index (χ3v) is 5.80. The minimum absolute atomic E-state index is 0.0338. The average Bonchev–Trinajstić information content (AvgIpc) is 3.15. The summed E-state index contributed by atoms with van der Waals surface area (Å²) in [5.41, 5.74) is 3.31. The standard InChI is InChI=1S/C23H26N4O3/c1-15-4-6-18(7-5-15)27-21(24-25-23(27)29)17-10-12-26(13-11-17)22(28)20-9-8-19(30-3)14-16(20)2/h4-9,14,17H,10-13H2,1-3H3,(H,25,29). The molecule has 7 heteroatoms. The molecule has 0 unspecified atom stereocenters. The highest BCUT2D eigenvalue weighted by Gasteiger charge is 2.29. The quantitative estimate of drug-likeness (QED) is 0.722. The fourth-order valence-electron chi connectivity index (χ4n) is 4.04. The topological polar surface area (TPSA) is 80.2 Å². The van der Waals surface area contributed by atoms with E-state index in [9.17, 15) is 9.59 Å². The first-order valence-electron chi connectivity index (χ1n) is 10.2. The molecule has 30 heavy (non-hydrogen) atoms. The lowest BCUT2D eigenvalue weighted by molar-refractivity contribution is 0.0710. The molecular formula is C23H26N4O3. The van der Waals surface area contributed by atoms with Crippen LogP contribution < -0.4 is 10.4 Å². The third kappa shape index (κ3) is 3.75. The van der Waals surface area contributed by atoms with Crippen LogP contribution in [-0.2, 0) is 0 Å². The van der Waals surface area contributed by atoms with E-state index < -0.39 is 0 Å². The molecule has 0 atom stereocenters. The van der Waals surface area contributed by atoms with Gasteiger partial charge < -0.3 is 9.64 Å². The Morgan fingerprint density at radius 2 is 1.80 bits per heavy atom. The number of aryl methyl sites for hydroxylation is 2. The number of amides is 1. The molecule has 0 aliphatic carbocycles. The lowest BCUT2D eigenvalue weighted by Gasteiger charge is -2.32. The van der Waals surface area contributed by atoms with Crippen LogP contribution in [0, 0.1) is 13.8 Å². The number of nitrogens with one attached hydrogen (secondary N) is 1. The number of hydrogen-bond acceptors (Lipinski definition) is 4. The zero-order valence-corrected chi connectivity index (χ0v) is 17.5. The summed E-state index contributed by atoms with van der Waals surface area (Å²) in [5, 5.41) is 6.90. The Morgan fingerprint density at radius 1 is 1.10 bits per heavy atom. The first kappa shape index (κ1) is 19.9. The van der Waals surface area contributed by atoms with Crippen molar-refractivity contribution in [3.05, 3.63) is 75.5 Å². The van der Waals surface area contributed by atoms with E-state index in [0.717, 1.165) is 41.2 Å². The number of piperidine rings is 1. The smallest absolute Gasteiger partial charge is 0.347 e. The maximum absolute atomic E-state index is 13.0. The second-order valence-corrected chi connectivity index (χ2v) is 7.81. The van der Waals surface area contributed by atoms with Crippen molar-refractivity contribution in [3.8, 4) is 11.4 Å². The van der Waals surface area contributed by atoms with Crippen LogP contribution in [0.3, 0.4) is 0 Å². The maximum Gasteiger partial charge on any atom is 0.347 e. The summed E-state index contributed by atoms with van der Waals surface area (Å²) in [7, 11) is 1.62. The molecule has 1 N–H and O–H groups in total. The number of H-pyrrole nitrogens is 1. The predicted octanol–water partition coefficient (Wildman–Crippen LogP) is 3.21. The highest BCUT2D eigenvalue weighted by molar-refractivity contribution is 5.95. The van der Waals surface area contributed by atoms with Crippen molar-refractivity contribution in [3.63, 3.8) is 0 Å². The summed E-state index contributed by atoms with van der Waals surface area (Å²) in [6.07, 6.45) is 1.52. The molecule has 3 aromatic rings. The highest BCUT2D eigenvalue weighted by Crippen LogP contribution is 2.29. The number of carbonyl (C=O) groups excluding carboxylic acids is 1. The van der Waals surface area contributed by atoms with E-state index in [4.69, 9.17) is 4.74 Å². The van der Waals surface area contributed by atoms with E-state index >= 15 is 0 Å². The van der Waals surface area contributed by atoms with Gasteiger partial charge in [0.05, 0.1) is 12.8 Å². The molecular weight excluding hydrogens is 380 g/mol. The molecule has 0 spiro atoms. The third-order valence-electron chi connectivity index (χ3n) is 5.80. The van der Waals surface area contributed by atoms with E-state index in [1.54, 1.807) is 11.7 Å². The average molecular weight is 406 g/mol. The molecule has 0 saturated carbocycles. The minimum Gasteiger partial charge on any atom is -0.497 e. The predicted molar refractivity (Wildman–Crippen MR) is 115 cm³/mol. The van der Waals surface area contributed by atoms with Gasteiger partial charge in [-0.05, 0) is 62.6 Å². The Hall–Kier alpha value is -3.35. The highest BCUT2D eigenvalue weighted by atomic mass is 16.5. The first-order valence-corrected chi connectivity index (χ1v) is 10.2. The van der Waals surface area contributed by atoms with Crippen molar-refractivity contribution in [2.75, 3.05) is 20.2 Å². The number of ether oxygens (including phenoxy) is 1. The van der Waals surface area contributed by atoms with Gasteiger partial charge in [0.25, 0.3) is 5.91 Å². The zero-order chi connectivity index (χ0) is 21.3. The van der Waals surface area contributed by atoms with E-state index in [2.05, 4.69) is 10.2 Å². The Balaban J connectivity index is 1.50. The number of carbonyl (C=O) groups is 1. The second kappa shape index (κ2) is 8.18. The van der Waals surface area contributed by atoms with Crippen LogP contribution >= 0.6 is 0 Å². The van der Waals surface area contributed by atoms with Gasteiger partial charge in [-0.2, -0.15) is 5.10 Å². The lowest BCUT2D eigenvalue weighted by Crippen LogP contribution is -2.38. The van der Waals surface area contributed by atoms with Gasteiger partial charge in [0.15, 0.2) is 0 Å². The number of nitrogens with zero attached hydrogens (tertiary/aromatic N) is 3. The van der Waals surface area contributed by atoms with Crippen molar-refractivity contribution in [2.24, 2.45) is 0 Å².